The molecule has 2 aromatic rings. The first kappa shape index (κ1) is 23.4. The summed E-state index contributed by atoms with van der Waals surface area (Å²) in [7, 11) is 5.99. The van der Waals surface area contributed by atoms with E-state index in [1.54, 1.807) is 30.3 Å². The number of hydrazine groups is 1. The lowest BCUT2D eigenvalue weighted by molar-refractivity contribution is -0.117. The van der Waals surface area contributed by atoms with Crippen molar-refractivity contribution in [2.75, 3.05) is 35.0 Å². The van der Waals surface area contributed by atoms with E-state index in [4.69, 9.17) is 23.7 Å². The van der Waals surface area contributed by atoms with Crippen LogP contribution >= 0.6 is 0 Å². The zero-order valence-electron chi connectivity index (χ0n) is 18.1. The second kappa shape index (κ2) is 11.3. The third-order valence-electron chi connectivity index (χ3n) is 4.14. The summed E-state index contributed by atoms with van der Waals surface area (Å²) in [6.07, 6.45) is 2.81. The molecule has 0 aliphatic rings. The van der Waals surface area contributed by atoms with Gasteiger partial charge in [-0.15, -0.1) is 0 Å². The van der Waals surface area contributed by atoms with Crippen LogP contribution in [-0.4, -0.2) is 46.9 Å². The van der Waals surface area contributed by atoms with Crippen molar-refractivity contribution in [1.82, 2.24) is 10.9 Å². The van der Waals surface area contributed by atoms with Gasteiger partial charge in [0.2, 0.25) is 5.75 Å². The molecule has 166 valence electrons. The van der Waals surface area contributed by atoms with Crippen molar-refractivity contribution in [3.8, 4) is 28.7 Å². The number of hydrogen-bond acceptors (Lipinski definition) is 7. The van der Waals surface area contributed by atoms with Crippen molar-refractivity contribution in [2.24, 2.45) is 0 Å². The van der Waals surface area contributed by atoms with Gasteiger partial charge in [0.05, 0.1) is 35.0 Å². The molecule has 2 amide bonds. The molecule has 0 saturated carbocycles. The van der Waals surface area contributed by atoms with Crippen LogP contribution in [0.5, 0.6) is 28.7 Å². The zero-order chi connectivity index (χ0) is 22.8. The van der Waals surface area contributed by atoms with Gasteiger partial charge >= 0.3 is 0 Å². The second-order valence-corrected chi connectivity index (χ2v) is 6.03. The van der Waals surface area contributed by atoms with Gasteiger partial charge in [0.25, 0.3) is 11.8 Å². The van der Waals surface area contributed by atoms with Crippen LogP contribution in [0.1, 0.15) is 22.8 Å². The number of carbonyl (C=O) groups excluding carboxylic acids is 2. The molecule has 0 fully saturated rings. The van der Waals surface area contributed by atoms with Gasteiger partial charge in [-0.3, -0.25) is 20.4 Å². The van der Waals surface area contributed by atoms with Crippen LogP contribution in [0, 0.1) is 0 Å². The van der Waals surface area contributed by atoms with E-state index in [0.29, 0.717) is 46.5 Å². The monoisotopic (exact) mass is 430 g/mol. The summed E-state index contributed by atoms with van der Waals surface area (Å²) in [5.41, 5.74) is 5.62. The molecule has 0 saturated heterocycles. The van der Waals surface area contributed by atoms with Crippen LogP contribution in [-0.2, 0) is 4.79 Å². The Balaban J connectivity index is 2.03. The van der Waals surface area contributed by atoms with Gasteiger partial charge in [0.1, 0.15) is 0 Å². The minimum absolute atomic E-state index is 0.300. The van der Waals surface area contributed by atoms with E-state index >= 15 is 0 Å². The normalized spacial score (nSPS) is 10.4. The Kier molecular flexibility index (Phi) is 8.56. The number of ether oxygens (including phenoxy) is 5. The zero-order valence-corrected chi connectivity index (χ0v) is 18.1. The number of nitrogens with one attached hydrogen (secondary N) is 2. The molecule has 0 aromatic heterocycles. The Morgan fingerprint density at radius 1 is 0.839 bits per heavy atom. The third kappa shape index (κ3) is 6.05. The third-order valence-corrected chi connectivity index (χ3v) is 4.14. The quantitative estimate of drug-likeness (QED) is 0.465. The Morgan fingerprint density at radius 3 is 2.03 bits per heavy atom. The molecule has 9 heteroatoms. The number of hydrogen-bond donors (Lipinski definition) is 2. The molecule has 0 unspecified atom stereocenters. The largest absolute Gasteiger partial charge is 0.493 e. The fraction of sp³-hybridized carbons (Fsp3) is 0.273. The summed E-state index contributed by atoms with van der Waals surface area (Å²) in [4.78, 5) is 24.4. The van der Waals surface area contributed by atoms with Crippen LogP contribution in [0.4, 0.5) is 0 Å². The maximum absolute atomic E-state index is 12.3. The van der Waals surface area contributed by atoms with Crippen LogP contribution in [0.2, 0.25) is 0 Å². The summed E-state index contributed by atoms with van der Waals surface area (Å²) in [5.74, 6) is 1.28. The van der Waals surface area contributed by atoms with E-state index in [0.717, 1.165) is 0 Å². The maximum Gasteiger partial charge on any atom is 0.269 e. The van der Waals surface area contributed by atoms with E-state index in [9.17, 15) is 9.59 Å². The van der Waals surface area contributed by atoms with Crippen molar-refractivity contribution >= 4 is 17.9 Å². The average Bonchev–Trinajstić information content (AvgIpc) is 2.80. The maximum atomic E-state index is 12.3. The van der Waals surface area contributed by atoms with E-state index in [1.807, 2.05) is 6.92 Å². The van der Waals surface area contributed by atoms with Crippen LogP contribution in [0.15, 0.2) is 36.4 Å². The topological polar surface area (TPSA) is 104 Å². The molecular weight excluding hydrogens is 404 g/mol. The molecule has 2 N–H and O–H groups in total. The Bertz CT molecular complexity index is 932. The van der Waals surface area contributed by atoms with Gasteiger partial charge in [0, 0.05) is 11.6 Å². The highest BCUT2D eigenvalue weighted by atomic mass is 16.5. The molecule has 9 nitrogen and oxygen atoms in total. The standard InChI is InChI=1S/C22H26N2O7/c1-6-31-16-9-8-15(13-17(16)27-2)22(26)24-23-20(25)10-7-14-11-18(28-3)21(30-5)19(12-14)29-4/h7-13H,6H2,1-5H3,(H,23,25)(H,24,26)/b10-7+. The summed E-state index contributed by atoms with van der Waals surface area (Å²) in [5, 5.41) is 0. The highest BCUT2D eigenvalue weighted by Crippen LogP contribution is 2.38. The number of amides is 2. The Hall–Kier alpha value is -3.88. The first-order valence-electron chi connectivity index (χ1n) is 9.36. The van der Waals surface area contributed by atoms with Gasteiger partial charge in [-0.25, -0.2) is 0 Å². The van der Waals surface area contributed by atoms with Crippen molar-refractivity contribution < 1.29 is 33.3 Å². The molecule has 31 heavy (non-hydrogen) atoms. The molecule has 0 heterocycles. The van der Waals surface area contributed by atoms with Gasteiger partial charge in [-0.2, -0.15) is 0 Å². The lowest BCUT2D eigenvalue weighted by atomic mass is 10.1. The molecule has 0 aliphatic heterocycles. The predicted molar refractivity (Wildman–Crippen MR) is 115 cm³/mol. The van der Waals surface area contributed by atoms with Crippen molar-refractivity contribution in [3.63, 3.8) is 0 Å². The summed E-state index contributed by atoms with van der Waals surface area (Å²) >= 11 is 0. The van der Waals surface area contributed by atoms with Gasteiger partial charge in [-0.1, -0.05) is 0 Å². The van der Waals surface area contributed by atoms with E-state index in [-0.39, 0.29) is 0 Å². The molecular formula is C22H26N2O7. The second-order valence-electron chi connectivity index (χ2n) is 6.03. The lowest BCUT2D eigenvalue weighted by Crippen LogP contribution is -2.40. The van der Waals surface area contributed by atoms with E-state index < -0.39 is 11.8 Å². The van der Waals surface area contributed by atoms with Crippen LogP contribution in [0.3, 0.4) is 0 Å². The number of carbonyl (C=O) groups is 2. The van der Waals surface area contributed by atoms with Crippen molar-refractivity contribution in [1.29, 1.82) is 0 Å². The molecule has 0 radical (unpaired) electrons. The number of rotatable bonds is 9. The summed E-state index contributed by atoms with van der Waals surface area (Å²) in [6.45, 7) is 2.32. The van der Waals surface area contributed by atoms with Crippen LogP contribution < -0.4 is 34.5 Å². The molecule has 2 aromatic carbocycles. The SMILES string of the molecule is CCOc1ccc(C(=O)NNC(=O)/C=C/c2cc(OC)c(OC)c(OC)c2)cc1OC. The predicted octanol–water partition coefficient (Wildman–Crippen LogP) is 2.59. The van der Waals surface area contributed by atoms with Gasteiger partial charge in [-0.05, 0) is 48.9 Å². The number of methoxy groups -OCH3 is 4. The molecule has 0 aliphatic carbocycles. The highest BCUT2D eigenvalue weighted by molar-refractivity contribution is 5.98. The lowest BCUT2D eigenvalue weighted by Gasteiger charge is -2.13. The van der Waals surface area contributed by atoms with Gasteiger partial charge < -0.3 is 23.7 Å². The van der Waals surface area contributed by atoms with E-state index in [2.05, 4.69) is 10.9 Å². The fourth-order valence-corrected chi connectivity index (χ4v) is 2.69. The fourth-order valence-electron chi connectivity index (χ4n) is 2.69. The van der Waals surface area contributed by atoms with Crippen molar-refractivity contribution in [3.05, 3.63) is 47.5 Å². The smallest absolute Gasteiger partial charge is 0.269 e. The first-order valence-corrected chi connectivity index (χ1v) is 9.36. The van der Waals surface area contributed by atoms with Gasteiger partial charge in [0.15, 0.2) is 23.0 Å². The minimum Gasteiger partial charge on any atom is -0.493 e. The summed E-state index contributed by atoms with van der Waals surface area (Å²) in [6, 6.07) is 8.11. The summed E-state index contributed by atoms with van der Waals surface area (Å²) < 4.78 is 26.5. The molecule has 0 spiro atoms. The number of benzene rings is 2. The average molecular weight is 430 g/mol. The Labute approximate surface area is 180 Å². The first-order chi connectivity index (χ1) is 15.0. The Morgan fingerprint density at radius 2 is 1.48 bits per heavy atom. The van der Waals surface area contributed by atoms with Crippen molar-refractivity contribution in [2.45, 2.75) is 6.92 Å². The van der Waals surface area contributed by atoms with E-state index in [1.165, 1.54) is 40.6 Å². The molecule has 0 bridgehead atoms. The molecule has 0 atom stereocenters. The minimum atomic E-state index is -0.528. The van der Waals surface area contributed by atoms with Crippen LogP contribution in [0.25, 0.3) is 6.08 Å². The highest BCUT2D eigenvalue weighted by Gasteiger charge is 2.13. The molecule has 2 rings (SSSR count).